The number of phenols is 2. The molecule has 0 amide bonds. The van der Waals surface area contributed by atoms with Crippen molar-refractivity contribution in [2.75, 3.05) is 20.8 Å². The number of rotatable bonds is 8. The van der Waals surface area contributed by atoms with Crippen molar-refractivity contribution in [2.24, 2.45) is 0 Å². The van der Waals surface area contributed by atoms with Crippen LogP contribution in [0.5, 0.6) is 28.7 Å². The Morgan fingerprint density at radius 3 is 2.18 bits per heavy atom. The summed E-state index contributed by atoms with van der Waals surface area (Å²) in [6.07, 6.45) is -9.11. The molecule has 2 heterocycles. The third-order valence-corrected chi connectivity index (χ3v) is 6.32. The number of ether oxygens (including phenoxy) is 4. The van der Waals surface area contributed by atoms with Gasteiger partial charge in [-0.15, -0.1) is 0 Å². The molecule has 212 valence electrons. The van der Waals surface area contributed by atoms with Crippen LogP contribution < -0.4 is 19.6 Å². The lowest BCUT2D eigenvalue weighted by molar-refractivity contribution is -0.271. The molecule has 6 N–H and O–H groups in total. The van der Waals surface area contributed by atoms with Gasteiger partial charge in [0.2, 0.25) is 12.0 Å². The second kappa shape index (κ2) is 10.9. The first kappa shape index (κ1) is 28.4. The maximum absolute atomic E-state index is 12.8. The lowest BCUT2D eigenvalue weighted by Gasteiger charge is -2.40. The molecule has 1 saturated heterocycles. The van der Waals surface area contributed by atoms with Crippen LogP contribution in [0, 0.1) is 0 Å². The number of methoxy groups -OCH3 is 2. The van der Waals surface area contributed by atoms with Crippen LogP contribution in [0.25, 0.3) is 22.3 Å². The number of phenolic OH excluding ortho intramolecular Hbond substituents is 2. The summed E-state index contributed by atoms with van der Waals surface area (Å²) in [6, 6.07) is 5.92. The van der Waals surface area contributed by atoms with Gasteiger partial charge in [0, 0.05) is 23.8 Å². The van der Waals surface area contributed by atoms with Crippen LogP contribution in [0.3, 0.4) is 0 Å². The minimum atomic E-state index is -5.17. The van der Waals surface area contributed by atoms with Crippen molar-refractivity contribution in [3.05, 3.63) is 40.6 Å². The number of hydrogen-bond acceptors (Lipinski definition) is 14. The van der Waals surface area contributed by atoms with E-state index in [2.05, 4.69) is 4.18 Å². The van der Waals surface area contributed by atoms with Gasteiger partial charge in [-0.1, -0.05) is 0 Å². The molecule has 1 fully saturated rings. The van der Waals surface area contributed by atoms with Gasteiger partial charge in [-0.05, 0) is 12.1 Å². The van der Waals surface area contributed by atoms with Crippen LogP contribution in [0.1, 0.15) is 0 Å². The average molecular weight is 572 g/mol. The smallest absolute Gasteiger partial charge is 0.397 e. The zero-order chi connectivity index (χ0) is 28.6. The second-order valence-electron chi connectivity index (χ2n) is 8.33. The summed E-state index contributed by atoms with van der Waals surface area (Å²) in [7, 11) is -2.56. The molecule has 16 heteroatoms. The van der Waals surface area contributed by atoms with Crippen molar-refractivity contribution >= 4 is 21.4 Å². The lowest BCUT2D eigenvalue weighted by atomic mass is 9.99. The predicted octanol–water partition coefficient (Wildman–Crippen LogP) is -0.106. The van der Waals surface area contributed by atoms with Crippen molar-refractivity contribution < 1.29 is 66.1 Å². The first-order valence-corrected chi connectivity index (χ1v) is 12.4. The fraction of sp³-hybridized carbons (Fsp3) is 0.348. The predicted molar refractivity (Wildman–Crippen MR) is 129 cm³/mol. The minimum Gasteiger partial charge on any atom is -0.507 e. The molecule has 1 aliphatic rings. The third-order valence-electron chi connectivity index (χ3n) is 5.86. The molecule has 1 aromatic heterocycles. The van der Waals surface area contributed by atoms with E-state index in [-0.39, 0.29) is 45.3 Å². The van der Waals surface area contributed by atoms with E-state index in [1.165, 1.54) is 26.4 Å². The lowest BCUT2D eigenvalue weighted by Crippen LogP contribution is -2.61. The Kier molecular flexibility index (Phi) is 7.89. The number of aliphatic hydroxyl groups excluding tert-OH is 3. The van der Waals surface area contributed by atoms with Crippen LogP contribution in [0.2, 0.25) is 0 Å². The number of benzene rings is 2. The van der Waals surface area contributed by atoms with Crippen LogP contribution in [0.4, 0.5) is 0 Å². The fourth-order valence-electron chi connectivity index (χ4n) is 4.02. The number of aliphatic hydroxyl groups is 3. The Morgan fingerprint density at radius 2 is 1.62 bits per heavy atom. The molecule has 0 spiro atoms. The molecule has 39 heavy (non-hydrogen) atoms. The van der Waals surface area contributed by atoms with Crippen molar-refractivity contribution in [3.63, 3.8) is 0 Å². The standard InChI is InChI=1S/C23H24O15S/c1-33-15-3-9(4-16(34-2)19(15)27)13-7-12(26)18-11(25)5-10(6-14(18)36-13)35-23-22(38-39(30,31)32)21(29)20(28)17(8-24)37-23/h3-7,17,20-25,27-29H,8H2,1-2H3,(H,30,31,32). The van der Waals surface area contributed by atoms with E-state index in [1.54, 1.807) is 0 Å². The molecule has 0 bridgehead atoms. The largest absolute Gasteiger partial charge is 0.507 e. The normalized spacial score (nSPS) is 23.5. The monoisotopic (exact) mass is 572 g/mol. The maximum Gasteiger partial charge on any atom is 0.397 e. The first-order chi connectivity index (χ1) is 18.4. The number of fused-ring (bicyclic) bond motifs is 1. The van der Waals surface area contributed by atoms with Gasteiger partial charge in [0.25, 0.3) is 0 Å². The van der Waals surface area contributed by atoms with Gasteiger partial charge < -0.3 is 48.9 Å². The number of hydrogen-bond donors (Lipinski definition) is 6. The van der Waals surface area contributed by atoms with E-state index in [4.69, 9.17) is 27.9 Å². The summed E-state index contributed by atoms with van der Waals surface area (Å²) in [5, 5.41) is 50.3. The molecule has 0 radical (unpaired) electrons. The number of aromatic hydroxyl groups is 2. The Labute approximate surface area is 219 Å². The van der Waals surface area contributed by atoms with Gasteiger partial charge in [0.1, 0.15) is 46.5 Å². The highest BCUT2D eigenvalue weighted by Gasteiger charge is 2.48. The highest BCUT2D eigenvalue weighted by atomic mass is 32.3. The van der Waals surface area contributed by atoms with Crippen molar-refractivity contribution in [1.82, 2.24) is 0 Å². The summed E-state index contributed by atoms with van der Waals surface area (Å²) in [6.45, 7) is -0.808. The topological polar surface area (TPSA) is 232 Å². The van der Waals surface area contributed by atoms with Crippen LogP contribution >= 0.6 is 0 Å². The Hall–Kier alpha value is -3.64. The molecule has 1 aliphatic heterocycles. The molecule has 0 saturated carbocycles. The molecule has 0 aliphatic carbocycles. The minimum absolute atomic E-state index is 0.0190. The van der Waals surface area contributed by atoms with Crippen molar-refractivity contribution in [3.8, 4) is 40.1 Å². The van der Waals surface area contributed by atoms with E-state index in [0.29, 0.717) is 0 Å². The molecular formula is C23H24O15S. The Bertz CT molecular complexity index is 1510. The summed E-state index contributed by atoms with van der Waals surface area (Å²) in [4.78, 5) is 12.8. The van der Waals surface area contributed by atoms with Crippen molar-refractivity contribution in [2.45, 2.75) is 30.7 Å². The quantitative estimate of drug-likeness (QED) is 0.193. The molecule has 5 unspecified atom stereocenters. The van der Waals surface area contributed by atoms with Crippen molar-refractivity contribution in [1.29, 1.82) is 0 Å². The Balaban J connectivity index is 1.78. The fourth-order valence-corrected chi connectivity index (χ4v) is 4.50. The summed E-state index contributed by atoms with van der Waals surface area (Å²) in [5.41, 5.74) is -0.617. The zero-order valence-electron chi connectivity index (χ0n) is 20.2. The first-order valence-electron chi connectivity index (χ1n) is 11.1. The van der Waals surface area contributed by atoms with Gasteiger partial charge in [-0.2, -0.15) is 8.42 Å². The van der Waals surface area contributed by atoms with E-state index in [9.17, 15) is 38.7 Å². The molecular weight excluding hydrogens is 548 g/mol. The maximum atomic E-state index is 12.8. The molecule has 5 atom stereocenters. The average Bonchev–Trinajstić information content (AvgIpc) is 2.87. The molecule has 15 nitrogen and oxygen atoms in total. The van der Waals surface area contributed by atoms with Gasteiger partial charge in [0.05, 0.1) is 20.8 Å². The van der Waals surface area contributed by atoms with Crippen LogP contribution in [-0.4, -0.2) is 90.0 Å². The summed E-state index contributed by atoms with van der Waals surface area (Å²) >= 11 is 0. The van der Waals surface area contributed by atoms with Gasteiger partial charge in [-0.25, -0.2) is 4.18 Å². The van der Waals surface area contributed by atoms with Gasteiger partial charge in [0.15, 0.2) is 23.0 Å². The second-order valence-corrected chi connectivity index (χ2v) is 9.38. The van der Waals surface area contributed by atoms with E-state index >= 15 is 0 Å². The highest BCUT2D eigenvalue weighted by molar-refractivity contribution is 7.80. The third kappa shape index (κ3) is 5.71. The zero-order valence-corrected chi connectivity index (χ0v) is 21.1. The summed E-state index contributed by atoms with van der Waals surface area (Å²) < 4.78 is 63.0. The van der Waals surface area contributed by atoms with E-state index in [0.717, 1.165) is 18.2 Å². The van der Waals surface area contributed by atoms with Crippen LogP contribution in [-0.2, 0) is 19.3 Å². The van der Waals surface area contributed by atoms with Crippen LogP contribution in [0.15, 0.2) is 39.5 Å². The van der Waals surface area contributed by atoms with E-state index in [1.807, 2.05) is 0 Å². The van der Waals surface area contributed by atoms with Gasteiger partial charge in [-0.3, -0.25) is 9.35 Å². The van der Waals surface area contributed by atoms with Gasteiger partial charge >= 0.3 is 10.4 Å². The molecule has 4 rings (SSSR count). The SMILES string of the molecule is COc1cc(-c2cc(=O)c3c(O)cc(OC4OC(CO)C(O)C(O)C4OS(=O)(=O)O)cc3o2)cc(OC)c1O. The summed E-state index contributed by atoms with van der Waals surface area (Å²) in [5.74, 6) is -1.17. The van der Waals surface area contributed by atoms with E-state index < -0.39 is 58.9 Å². The highest BCUT2D eigenvalue weighted by Crippen LogP contribution is 2.41. The molecule has 2 aromatic carbocycles. The Morgan fingerprint density at radius 1 is 0.974 bits per heavy atom. The molecule has 3 aromatic rings.